The highest BCUT2D eigenvalue weighted by Crippen LogP contribution is 2.06. The molecule has 0 aromatic carbocycles. The van der Waals surface area contributed by atoms with Gasteiger partial charge in [-0.25, -0.2) is 0 Å². The first kappa shape index (κ1) is 9.98. The molecule has 0 radical (unpaired) electrons. The maximum absolute atomic E-state index is 11.3. The van der Waals surface area contributed by atoms with Gasteiger partial charge in [-0.1, -0.05) is 13.8 Å². The zero-order valence-corrected chi connectivity index (χ0v) is 7.96. The number of carbonyl (C=O) groups is 2. The molecule has 2 atom stereocenters. The molecule has 0 aliphatic carbocycles. The van der Waals surface area contributed by atoms with Gasteiger partial charge in [0, 0.05) is 7.11 Å². The molecule has 5 heteroatoms. The van der Waals surface area contributed by atoms with Crippen molar-refractivity contribution in [3.05, 3.63) is 0 Å². The summed E-state index contributed by atoms with van der Waals surface area (Å²) in [6.07, 6.45) is -0.845. The molecule has 13 heavy (non-hydrogen) atoms. The van der Waals surface area contributed by atoms with Crippen LogP contribution in [-0.4, -0.2) is 31.2 Å². The first-order chi connectivity index (χ1) is 6.06. The van der Waals surface area contributed by atoms with Gasteiger partial charge in [0.2, 0.25) is 12.1 Å². The lowest BCUT2D eigenvalue weighted by molar-refractivity contribution is -0.147. The lowest BCUT2D eigenvalue weighted by Gasteiger charge is -2.30. The highest BCUT2D eigenvalue weighted by Gasteiger charge is 2.34. The molecule has 0 aromatic rings. The largest absolute Gasteiger partial charge is 0.353 e. The van der Waals surface area contributed by atoms with Crippen molar-refractivity contribution in [3.8, 4) is 0 Å². The van der Waals surface area contributed by atoms with E-state index < -0.39 is 12.3 Å². The maximum atomic E-state index is 11.3. The first-order valence-corrected chi connectivity index (χ1v) is 4.19. The number of hydrogen-bond acceptors (Lipinski definition) is 3. The van der Waals surface area contributed by atoms with Gasteiger partial charge in [-0.2, -0.15) is 0 Å². The maximum Gasteiger partial charge on any atom is 0.270 e. The van der Waals surface area contributed by atoms with E-state index in [1.54, 1.807) is 0 Å². The fraction of sp³-hybridized carbons (Fsp3) is 0.750. The number of piperazine rings is 1. The fourth-order valence-corrected chi connectivity index (χ4v) is 1.21. The van der Waals surface area contributed by atoms with E-state index in [-0.39, 0.29) is 17.7 Å². The van der Waals surface area contributed by atoms with Crippen LogP contribution in [0, 0.1) is 5.92 Å². The monoisotopic (exact) mass is 186 g/mol. The van der Waals surface area contributed by atoms with Gasteiger partial charge in [-0.15, -0.1) is 0 Å². The summed E-state index contributed by atoms with van der Waals surface area (Å²) in [5.74, 6) is -0.399. The molecular formula is C8H14N2O3. The normalized spacial score (nSPS) is 28.6. The standard InChI is InChI=1S/C8H14N2O3/c1-4(2)5-6(11)10-8(13-3)7(12)9-5/h4-5,8H,1-3H3,(H,9,12)(H,10,11). The SMILES string of the molecule is COC1NC(=O)C(C(C)C)NC1=O. The zero-order chi connectivity index (χ0) is 10.0. The Labute approximate surface area is 76.8 Å². The molecule has 2 N–H and O–H groups in total. The summed E-state index contributed by atoms with van der Waals surface area (Å²) in [7, 11) is 1.38. The minimum Gasteiger partial charge on any atom is -0.353 e. The van der Waals surface area contributed by atoms with Crippen LogP contribution in [0.1, 0.15) is 13.8 Å². The molecule has 5 nitrogen and oxygen atoms in total. The van der Waals surface area contributed by atoms with Crippen LogP contribution in [0.25, 0.3) is 0 Å². The Morgan fingerprint density at radius 1 is 1.23 bits per heavy atom. The molecule has 1 aliphatic rings. The second-order valence-electron chi connectivity index (χ2n) is 3.35. The van der Waals surface area contributed by atoms with E-state index in [1.165, 1.54) is 7.11 Å². The van der Waals surface area contributed by atoms with Gasteiger partial charge in [0.15, 0.2) is 0 Å². The van der Waals surface area contributed by atoms with Gasteiger partial charge in [0.1, 0.15) is 6.04 Å². The summed E-state index contributed by atoms with van der Waals surface area (Å²) in [5.41, 5.74) is 0. The highest BCUT2D eigenvalue weighted by molar-refractivity contribution is 5.96. The number of ether oxygens (including phenoxy) is 1. The third kappa shape index (κ3) is 1.98. The Bertz CT molecular complexity index is 227. The summed E-state index contributed by atoms with van der Waals surface area (Å²) >= 11 is 0. The molecule has 1 rings (SSSR count). The van der Waals surface area contributed by atoms with E-state index in [0.717, 1.165) is 0 Å². The number of amides is 2. The van der Waals surface area contributed by atoms with E-state index in [2.05, 4.69) is 10.6 Å². The lowest BCUT2D eigenvalue weighted by Crippen LogP contribution is -2.63. The molecule has 1 saturated heterocycles. The van der Waals surface area contributed by atoms with Gasteiger partial charge >= 0.3 is 0 Å². The van der Waals surface area contributed by atoms with E-state index in [4.69, 9.17) is 4.74 Å². The van der Waals surface area contributed by atoms with Crippen molar-refractivity contribution in [1.82, 2.24) is 10.6 Å². The van der Waals surface area contributed by atoms with Crippen molar-refractivity contribution in [1.29, 1.82) is 0 Å². The molecule has 0 aromatic heterocycles. The predicted octanol–water partition coefficient (Wildman–Crippen LogP) is -0.771. The van der Waals surface area contributed by atoms with Gasteiger partial charge < -0.3 is 15.4 Å². The lowest BCUT2D eigenvalue weighted by atomic mass is 10.0. The van der Waals surface area contributed by atoms with Gasteiger partial charge in [-0.05, 0) is 5.92 Å². The Balaban J connectivity index is 2.67. The molecule has 1 aliphatic heterocycles. The second kappa shape index (κ2) is 3.74. The molecule has 0 spiro atoms. The van der Waals surface area contributed by atoms with E-state index >= 15 is 0 Å². The minimum atomic E-state index is -0.845. The van der Waals surface area contributed by atoms with E-state index in [1.807, 2.05) is 13.8 Å². The molecule has 74 valence electrons. The number of hydrogen-bond donors (Lipinski definition) is 2. The Hall–Kier alpha value is -1.10. The van der Waals surface area contributed by atoms with Crippen LogP contribution in [0.5, 0.6) is 0 Å². The van der Waals surface area contributed by atoms with E-state index in [9.17, 15) is 9.59 Å². The topological polar surface area (TPSA) is 67.4 Å². The Kier molecular flexibility index (Phi) is 2.87. The summed E-state index contributed by atoms with van der Waals surface area (Å²) in [5, 5.41) is 5.06. The average Bonchev–Trinajstić information content (AvgIpc) is 2.07. The predicted molar refractivity (Wildman–Crippen MR) is 45.7 cm³/mol. The van der Waals surface area contributed by atoms with Gasteiger partial charge in [0.05, 0.1) is 0 Å². The zero-order valence-electron chi connectivity index (χ0n) is 7.96. The van der Waals surface area contributed by atoms with Crippen molar-refractivity contribution >= 4 is 11.8 Å². The van der Waals surface area contributed by atoms with Crippen molar-refractivity contribution in [2.75, 3.05) is 7.11 Å². The Morgan fingerprint density at radius 2 is 1.85 bits per heavy atom. The van der Waals surface area contributed by atoms with Gasteiger partial charge in [-0.3, -0.25) is 9.59 Å². The van der Waals surface area contributed by atoms with E-state index in [0.29, 0.717) is 0 Å². The van der Waals surface area contributed by atoms with Crippen LogP contribution >= 0.6 is 0 Å². The molecule has 1 fully saturated rings. The third-order valence-corrected chi connectivity index (χ3v) is 1.99. The molecule has 0 saturated carbocycles. The summed E-state index contributed by atoms with van der Waals surface area (Å²) in [6, 6.07) is -0.445. The average molecular weight is 186 g/mol. The number of nitrogens with one attached hydrogen (secondary N) is 2. The molecule has 2 amide bonds. The highest BCUT2D eigenvalue weighted by atomic mass is 16.5. The number of rotatable bonds is 2. The minimum absolute atomic E-state index is 0.0850. The third-order valence-electron chi connectivity index (χ3n) is 1.99. The molecule has 1 heterocycles. The number of carbonyl (C=O) groups excluding carboxylic acids is 2. The van der Waals surface area contributed by atoms with Crippen LogP contribution in [0.3, 0.4) is 0 Å². The Morgan fingerprint density at radius 3 is 2.31 bits per heavy atom. The van der Waals surface area contributed by atoms with Crippen LogP contribution in [0.15, 0.2) is 0 Å². The fourth-order valence-electron chi connectivity index (χ4n) is 1.21. The van der Waals surface area contributed by atoms with Crippen LogP contribution < -0.4 is 10.6 Å². The van der Waals surface area contributed by atoms with Crippen molar-refractivity contribution in [2.45, 2.75) is 26.1 Å². The van der Waals surface area contributed by atoms with Crippen LogP contribution in [0.4, 0.5) is 0 Å². The van der Waals surface area contributed by atoms with Gasteiger partial charge in [0.25, 0.3) is 5.91 Å². The first-order valence-electron chi connectivity index (χ1n) is 4.19. The van der Waals surface area contributed by atoms with Crippen LogP contribution in [-0.2, 0) is 14.3 Å². The van der Waals surface area contributed by atoms with Crippen LogP contribution in [0.2, 0.25) is 0 Å². The van der Waals surface area contributed by atoms with Crippen molar-refractivity contribution in [3.63, 3.8) is 0 Å². The number of methoxy groups -OCH3 is 1. The molecule has 2 unspecified atom stereocenters. The van der Waals surface area contributed by atoms with Crippen molar-refractivity contribution in [2.24, 2.45) is 5.92 Å². The molecule has 0 bridgehead atoms. The summed E-state index contributed by atoms with van der Waals surface area (Å²) < 4.78 is 4.76. The molecular weight excluding hydrogens is 172 g/mol. The summed E-state index contributed by atoms with van der Waals surface area (Å²) in [6.45, 7) is 3.75. The smallest absolute Gasteiger partial charge is 0.270 e. The van der Waals surface area contributed by atoms with Crippen molar-refractivity contribution < 1.29 is 14.3 Å². The second-order valence-corrected chi connectivity index (χ2v) is 3.35. The summed E-state index contributed by atoms with van der Waals surface area (Å²) in [4.78, 5) is 22.6. The quantitative estimate of drug-likeness (QED) is 0.595.